The summed E-state index contributed by atoms with van der Waals surface area (Å²) in [7, 11) is 3.57. The number of hydrogen-bond donors (Lipinski definition) is 2. The van der Waals surface area contributed by atoms with E-state index >= 15 is 0 Å². The van der Waals surface area contributed by atoms with Crippen LogP contribution >= 0.6 is 0 Å². The van der Waals surface area contributed by atoms with Crippen LogP contribution in [0.25, 0.3) is 11.0 Å². The lowest BCUT2D eigenvalue weighted by Gasteiger charge is -2.37. The third-order valence-electron chi connectivity index (χ3n) is 5.27. The number of nitrogens with zero attached hydrogens (tertiary/aromatic N) is 7. The third-order valence-corrected chi connectivity index (χ3v) is 5.27. The smallest absolute Gasteiger partial charge is 0.193 e. The highest BCUT2D eigenvalue weighted by atomic mass is 19.1. The summed E-state index contributed by atoms with van der Waals surface area (Å²) in [5.41, 5.74) is 1.08. The summed E-state index contributed by atoms with van der Waals surface area (Å²) in [6, 6.07) is 3.55. The Kier molecular flexibility index (Phi) is 6.10. The fourth-order valence-electron chi connectivity index (χ4n) is 3.68. The molecule has 2 N–H and O–H groups in total. The lowest BCUT2D eigenvalue weighted by Crippen LogP contribution is -2.53. The van der Waals surface area contributed by atoms with Gasteiger partial charge in [0, 0.05) is 59.4 Å². The Morgan fingerprint density at radius 3 is 2.71 bits per heavy atom. The Morgan fingerprint density at radius 2 is 1.94 bits per heavy atom. The van der Waals surface area contributed by atoms with Gasteiger partial charge in [-0.15, -0.1) is 0 Å². The molecule has 9 nitrogen and oxygen atoms in total. The van der Waals surface area contributed by atoms with E-state index in [1.807, 2.05) is 11.9 Å². The number of nitrogens with one attached hydrogen (secondary N) is 2. The van der Waals surface area contributed by atoms with Crippen LogP contribution in [0.5, 0.6) is 0 Å². The van der Waals surface area contributed by atoms with Gasteiger partial charge in [-0.1, -0.05) is 0 Å². The molecule has 0 unspecified atom stereocenters. The Hall–Kier alpha value is -3.50. The van der Waals surface area contributed by atoms with Crippen LogP contribution in [0.3, 0.4) is 0 Å². The molecule has 0 radical (unpaired) electrons. The van der Waals surface area contributed by atoms with Gasteiger partial charge in [-0.3, -0.25) is 9.67 Å². The van der Waals surface area contributed by atoms with Crippen molar-refractivity contribution in [3.8, 4) is 0 Å². The van der Waals surface area contributed by atoms with Crippen molar-refractivity contribution >= 4 is 28.5 Å². The Bertz CT molecular complexity index is 1070. The number of halogens is 2. The van der Waals surface area contributed by atoms with Crippen LogP contribution in [0.4, 0.5) is 20.3 Å². The Balaban J connectivity index is 1.28. The molecule has 0 aliphatic carbocycles. The molecule has 1 aliphatic rings. The maximum Gasteiger partial charge on any atom is 0.193 e. The molecule has 3 aromatic rings. The number of fused-ring (bicyclic) bond motifs is 1. The number of rotatable bonds is 5. The van der Waals surface area contributed by atoms with E-state index in [2.05, 4.69) is 35.6 Å². The van der Waals surface area contributed by atoms with Gasteiger partial charge in [0.2, 0.25) is 0 Å². The standard InChI is InChI=1S/C20H25F2N9/c1-23-20(25-6-5-24-18-15-12-28-29(2)19(15)27-13-26-18)31-9-7-30(8-10-31)17-11-14(21)3-4-16(17)22/h3-4,11-13H,5-10H2,1-2H3,(H,23,25)(H,24,26,27). The molecule has 1 fully saturated rings. The summed E-state index contributed by atoms with van der Waals surface area (Å²) in [4.78, 5) is 16.8. The first-order valence-electron chi connectivity index (χ1n) is 10.1. The number of anilines is 2. The van der Waals surface area contributed by atoms with Crippen molar-refractivity contribution in [2.45, 2.75) is 0 Å². The van der Waals surface area contributed by atoms with Crippen molar-refractivity contribution in [3.63, 3.8) is 0 Å². The number of aryl methyl sites for hydroxylation is 1. The Morgan fingerprint density at radius 1 is 1.13 bits per heavy atom. The summed E-state index contributed by atoms with van der Waals surface area (Å²) in [6.45, 7) is 3.75. The molecular weight excluding hydrogens is 404 g/mol. The minimum absolute atomic E-state index is 0.304. The van der Waals surface area contributed by atoms with E-state index in [-0.39, 0.29) is 0 Å². The highest BCUT2D eigenvalue weighted by Crippen LogP contribution is 2.22. The molecule has 0 bridgehead atoms. The summed E-state index contributed by atoms with van der Waals surface area (Å²) < 4.78 is 29.2. The molecule has 3 heterocycles. The van der Waals surface area contributed by atoms with Crippen LogP contribution in [-0.2, 0) is 7.05 Å². The SMILES string of the molecule is CN=C(NCCNc1ncnc2c1cnn2C)N1CCN(c2cc(F)ccc2F)CC1. The first-order valence-corrected chi connectivity index (χ1v) is 10.1. The van der Waals surface area contributed by atoms with E-state index in [0.717, 1.165) is 28.9 Å². The quantitative estimate of drug-likeness (QED) is 0.361. The molecule has 164 valence electrons. The minimum Gasteiger partial charge on any atom is -0.368 e. The van der Waals surface area contributed by atoms with Crippen LogP contribution in [0, 0.1) is 11.6 Å². The number of hydrogen-bond acceptors (Lipinski definition) is 6. The molecular formula is C20H25F2N9. The first kappa shape index (κ1) is 20.8. The Labute approximate surface area is 178 Å². The van der Waals surface area contributed by atoms with E-state index < -0.39 is 11.6 Å². The summed E-state index contributed by atoms with van der Waals surface area (Å²) in [6.07, 6.45) is 3.25. The highest BCUT2D eigenvalue weighted by Gasteiger charge is 2.22. The topological polar surface area (TPSA) is 86.5 Å². The average Bonchev–Trinajstić information content (AvgIpc) is 3.17. The molecule has 1 aromatic carbocycles. The second-order valence-electron chi connectivity index (χ2n) is 7.20. The summed E-state index contributed by atoms with van der Waals surface area (Å²) in [5, 5.41) is 11.7. The van der Waals surface area contributed by atoms with Gasteiger partial charge in [0.1, 0.15) is 23.8 Å². The fourth-order valence-corrected chi connectivity index (χ4v) is 3.68. The molecule has 31 heavy (non-hydrogen) atoms. The predicted octanol–water partition coefficient (Wildman–Crippen LogP) is 1.45. The van der Waals surface area contributed by atoms with Crippen LogP contribution in [-0.4, -0.2) is 76.9 Å². The molecule has 11 heteroatoms. The van der Waals surface area contributed by atoms with Crippen LogP contribution in [0.15, 0.2) is 35.7 Å². The van der Waals surface area contributed by atoms with Gasteiger partial charge in [0.05, 0.1) is 17.3 Å². The number of piperazine rings is 1. The van der Waals surface area contributed by atoms with Crippen molar-refractivity contribution in [3.05, 3.63) is 42.4 Å². The van der Waals surface area contributed by atoms with Crippen LogP contribution in [0.2, 0.25) is 0 Å². The predicted molar refractivity (Wildman–Crippen MR) is 116 cm³/mol. The zero-order chi connectivity index (χ0) is 21.8. The molecule has 0 amide bonds. The maximum absolute atomic E-state index is 14.0. The van der Waals surface area contributed by atoms with E-state index in [1.165, 1.54) is 18.5 Å². The number of aromatic nitrogens is 4. The van der Waals surface area contributed by atoms with Crippen LogP contribution in [0.1, 0.15) is 0 Å². The highest BCUT2D eigenvalue weighted by molar-refractivity contribution is 5.86. The number of guanidine groups is 1. The van der Waals surface area contributed by atoms with E-state index in [0.29, 0.717) is 45.0 Å². The van der Waals surface area contributed by atoms with E-state index in [1.54, 1.807) is 17.9 Å². The average molecular weight is 429 g/mol. The van der Waals surface area contributed by atoms with Gasteiger partial charge < -0.3 is 20.4 Å². The molecule has 1 saturated heterocycles. The number of benzene rings is 1. The largest absolute Gasteiger partial charge is 0.368 e. The van der Waals surface area contributed by atoms with Gasteiger partial charge in [0.15, 0.2) is 11.6 Å². The van der Waals surface area contributed by atoms with Crippen molar-refractivity contribution < 1.29 is 8.78 Å². The molecule has 0 atom stereocenters. The van der Waals surface area contributed by atoms with Crippen LogP contribution < -0.4 is 15.5 Å². The van der Waals surface area contributed by atoms with Crippen molar-refractivity contribution in [1.82, 2.24) is 30.0 Å². The van der Waals surface area contributed by atoms with Gasteiger partial charge >= 0.3 is 0 Å². The van der Waals surface area contributed by atoms with Gasteiger partial charge in [0.25, 0.3) is 0 Å². The molecule has 0 spiro atoms. The first-order chi connectivity index (χ1) is 15.1. The number of aliphatic imine (C=N–C) groups is 1. The minimum atomic E-state index is -0.434. The zero-order valence-electron chi connectivity index (χ0n) is 17.5. The van der Waals surface area contributed by atoms with Crippen molar-refractivity contribution in [1.29, 1.82) is 0 Å². The van der Waals surface area contributed by atoms with Gasteiger partial charge in [-0.2, -0.15) is 5.10 Å². The third kappa shape index (κ3) is 4.49. The molecule has 0 saturated carbocycles. The van der Waals surface area contributed by atoms with E-state index in [4.69, 9.17) is 0 Å². The van der Waals surface area contributed by atoms with Gasteiger partial charge in [-0.05, 0) is 12.1 Å². The van der Waals surface area contributed by atoms with Gasteiger partial charge in [-0.25, -0.2) is 18.7 Å². The summed E-state index contributed by atoms with van der Waals surface area (Å²) in [5.74, 6) is 0.669. The molecule has 4 rings (SSSR count). The molecule has 1 aliphatic heterocycles. The summed E-state index contributed by atoms with van der Waals surface area (Å²) >= 11 is 0. The monoisotopic (exact) mass is 429 g/mol. The maximum atomic E-state index is 14.0. The fraction of sp³-hybridized carbons (Fsp3) is 0.400. The second-order valence-corrected chi connectivity index (χ2v) is 7.20. The van der Waals surface area contributed by atoms with Crippen molar-refractivity contribution in [2.75, 3.05) is 56.5 Å². The second kappa shape index (κ2) is 9.11. The molecule has 2 aromatic heterocycles. The normalized spacial score (nSPS) is 14.9. The lowest BCUT2D eigenvalue weighted by atomic mass is 10.2. The lowest BCUT2D eigenvalue weighted by molar-refractivity contribution is 0.371. The van der Waals surface area contributed by atoms with Crippen molar-refractivity contribution in [2.24, 2.45) is 12.0 Å². The zero-order valence-corrected chi connectivity index (χ0v) is 17.5. The van der Waals surface area contributed by atoms with E-state index in [9.17, 15) is 8.78 Å².